The first-order chi connectivity index (χ1) is 12.7. The molecule has 146 valence electrons. The van der Waals surface area contributed by atoms with Gasteiger partial charge in [0.25, 0.3) is 0 Å². The van der Waals surface area contributed by atoms with Crippen molar-refractivity contribution in [3.05, 3.63) is 36.0 Å². The van der Waals surface area contributed by atoms with E-state index in [0.29, 0.717) is 18.0 Å². The SMILES string of the molecule is CN1CCC2(CC1)CN(C)C(=S)c1cccnc1O2.O=C(O)/C=C/C(=O)O. The quantitative estimate of drug-likeness (QED) is 0.568. The van der Waals surface area contributed by atoms with Gasteiger partial charge in [0.15, 0.2) is 0 Å². The van der Waals surface area contributed by atoms with Gasteiger partial charge in [0.2, 0.25) is 5.88 Å². The molecule has 0 bridgehead atoms. The molecule has 1 aromatic heterocycles. The molecule has 3 heterocycles. The number of hydrogen-bond acceptors (Lipinski definition) is 6. The van der Waals surface area contributed by atoms with Crippen LogP contribution in [0, 0.1) is 0 Å². The number of carboxylic acid groups (broad SMARTS) is 2. The van der Waals surface area contributed by atoms with E-state index in [9.17, 15) is 9.59 Å². The maximum atomic E-state index is 9.55. The number of carbonyl (C=O) groups is 2. The average Bonchev–Trinajstić information content (AvgIpc) is 2.72. The van der Waals surface area contributed by atoms with Crippen LogP contribution >= 0.6 is 12.2 Å². The van der Waals surface area contributed by atoms with Crippen molar-refractivity contribution in [1.29, 1.82) is 0 Å². The lowest BCUT2D eigenvalue weighted by molar-refractivity contribution is -0.134. The number of piperidine rings is 1. The van der Waals surface area contributed by atoms with Crippen molar-refractivity contribution in [1.82, 2.24) is 14.8 Å². The maximum absolute atomic E-state index is 9.55. The smallest absolute Gasteiger partial charge is 0.328 e. The summed E-state index contributed by atoms with van der Waals surface area (Å²) in [5.74, 6) is -1.82. The Morgan fingerprint density at radius 2 is 1.81 bits per heavy atom. The summed E-state index contributed by atoms with van der Waals surface area (Å²) in [6.07, 6.45) is 4.93. The van der Waals surface area contributed by atoms with Crippen molar-refractivity contribution in [3.8, 4) is 5.88 Å². The topological polar surface area (TPSA) is 103 Å². The zero-order valence-electron chi connectivity index (χ0n) is 15.3. The summed E-state index contributed by atoms with van der Waals surface area (Å²) in [6.45, 7) is 2.96. The number of ether oxygens (including phenoxy) is 1. The number of pyridine rings is 1. The van der Waals surface area contributed by atoms with Crippen molar-refractivity contribution in [2.75, 3.05) is 33.7 Å². The van der Waals surface area contributed by atoms with Crippen molar-refractivity contribution in [3.63, 3.8) is 0 Å². The molecule has 0 aromatic carbocycles. The van der Waals surface area contributed by atoms with Gasteiger partial charge >= 0.3 is 11.9 Å². The van der Waals surface area contributed by atoms with Gasteiger partial charge in [0, 0.05) is 51.3 Å². The number of aromatic nitrogens is 1. The van der Waals surface area contributed by atoms with Gasteiger partial charge < -0.3 is 24.7 Å². The zero-order valence-corrected chi connectivity index (χ0v) is 16.1. The number of aliphatic carboxylic acids is 2. The van der Waals surface area contributed by atoms with E-state index in [1.54, 1.807) is 6.20 Å². The molecule has 9 heteroatoms. The first-order valence-corrected chi connectivity index (χ1v) is 8.85. The van der Waals surface area contributed by atoms with Crippen LogP contribution < -0.4 is 4.74 Å². The van der Waals surface area contributed by atoms with Crippen LogP contribution in [-0.4, -0.2) is 81.3 Å². The lowest BCUT2D eigenvalue weighted by Gasteiger charge is -2.41. The molecule has 1 saturated heterocycles. The molecule has 0 saturated carbocycles. The van der Waals surface area contributed by atoms with Crippen molar-refractivity contribution in [2.24, 2.45) is 0 Å². The third-order valence-corrected chi connectivity index (χ3v) is 4.99. The predicted octanol–water partition coefficient (Wildman–Crippen LogP) is 1.26. The highest BCUT2D eigenvalue weighted by molar-refractivity contribution is 7.80. The number of nitrogens with zero attached hydrogens (tertiary/aromatic N) is 3. The highest BCUT2D eigenvalue weighted by Crippen LogP contribution is 2.33. The molecule has 8 nitrogen and oxygen atoms in total. The first-order valence-electron chi connectivity index (χ1n) is 8.44. The van der Waals surface area contributed by atoms with Gasteiger partial charge in [0.05, 0.1) is 12.1 Å². The summed E-state index contributed by atoms with van der Waals surface area (Å²) in [5, 5.41) is 15.6. The van der Waals surface area contributed by atoms with Gasteiger partial charge in [-0.25, -0.2) is 14.6 Å². The average molecular weight is 393 g/mol. The molecule has 2 aliphatic rings. The predicted molar refractivity (Wildman–Crippen MR) is 103 cm³/mol. The minimum atomic E-state index is -1.26. The molecule has 0 unspecified atom stereocenters. The number of thiocarbonyl (C=S) groups is 1. The molecule has 0 radical (unpaired) electrons. The van der Waals surface area contributed by atoms with E-state index in [1.807, 2.05) is 19.2 Å². The Morgan fingerprint density at radius 1 is 1.22 bits per heavy atom. The standard InChI is InChI=1S/C14H19N3OS.C4H4O4/c1-16-8-5-14(6-9-16)10-17(2)13(19)11-4-3-7-15-12(11)18-14;5-3(6)1-2-4(7)8/h3-4,7H,5-6,8-10H2,1-2H3;1-2H,(H,5,6)(H,7,8)/b;2-1+. The fraction of sp³-hybridized carbons (Fsp3) is 0.444. The Hall–Kier alpha value is -2.52. The number of hydrogen-bond donors (Lipinski definition) is 2. The second-order valence-electron chi connectivity index (χ2n) is 6.62. The van der Waals surface area contributed by atoms with Crippen LogP contribution in [0.1, 0.15) is 18.4 Å². The normalized spacial score (nSPS) is 18.9. The molecule has 1 fully saturated rings. The minimum absolute atomic E-state index is 0.148. The van der Waals surface area contributed by atoms with Crippen LogP contribution in [0.4, 0.5) is 0 Å². The molecule has 0 amide bonds. The third-order valence-electron chi connectivity index (χ3n) is 4.45. The van der Waals surface area contributed by atoms with Crippen molar-refractivity contribution in [2.45, 2.75) is 18.4 Å². The van der Waals surface area contributed by atoms with E-state index in [4.69, 9.17) is 27.2 Å². The largest absolute Gasteiger partial charge is 0.478 e. The van der Waals surface area contributed by atoms with Crippen LogP contribution in [0.3, 0.4) is 0 Å². The van der Waals surface area contributed by atoms with Gasteiger partial charge in [-0.15, -0.1) is 0 Å². The van der Waals surface area contributed by atoms with Crippen LogP contribution in [0.2, 0.25) is 0 Å². The van der Waals surface area contributed by atoms with Gasteiger partial charge in [-0.05, 0) is 19.2 Å². The Labute approximate surface area is 163 Å². The van der Waals surface area contributed by atoms with E-state index in [1.165, 1.54) is 0 Å². The van der Waals surface area contributed by atoms with Crippen molar-refractivity contribution < 1.29 is 24.5 Å². The summed E-state index contributed by atoms with van der Waals surface area (Å²) >= 11 is 5.54. The molecule has 2 aliphatic heterocycles. The first kappa shape index (κ1) is 20.8. The van der Waals surface area contributed by atoms with Gasteiger partial charge in [-0.2, -0.15) is 0 Å². The minimum Gasteiger partial charge on any atom is -0.478 e. The fourth-order valence-electron chi connectivity index (χ4n) is 3.01. The summed E-state index contributed by atoms with van der Waals surface area (Å²) < 4.78 is 6.31. The molecule has 0 atom stereocenters. The molecule has 27 heavy (non-hydrogen) atoms. The number of rotatable bonds is 2. The molecule has 1 aromatic rings. The van der Waals surface area contributed by atoms with Crippen molar-refractivity contribution >= 4 is 29.1 Å². The number of fused-ring (bicyclic) bond motifs is 1. The molecule has 3 rings (SSSR count). The second-order valence-corrected chi connectivity index (χ2v) is 7.00. The molecular weight excluding hydrogens is 370 g/mol. The molecule has 0 aliphatic carbocycles. The lowest BCUT2D eigenvalue weighted by Crippen LogP contribution is -2.52. The Bertz CT molecular complexity index is 728. The fourth-order valence-corrected chi connectivity index (χ4v) is 3.23. The lowest BCUT2D eigenvalue weighted by atomic mass is 9.91. The Balaban J connectivity index is 0.000000279. The zero-order chi connectivity index (χ0) is 20.0. The Kier molecular flexibility index (Phi) is 6.86. The number of likely N-dealkylation sites (N-methyl/N-ethyl adjacent to an activating group) is 1. The van der Waals surface area contributed by atoms with Gasteiger partial charge in [-0.3, -0.25) is 0 Å². The summed E-state index contributed by atoms with van der Waals surface area (Å²) in [5.41, 5.74) is 0.793. The summed E-state index contributed by atoms with van der Waals surface area (Å²) in [7, 11) is 4.21. The maximum Gasteiger partial charge on any atom is 0.328 e. The van der Waals surface area contributed by atoms with Crippen LogP contribution in [-0.2, 0) is 9.59 Å². The highest BCUT2D eigenvalue weighted by Gasteiger charge is 2.40. The monoisotopic (exact) mass is 393 g/mol. The van der Waals surface area contributed by atoms with Crippen LogP contribution in [0.5, 0.6) is 5.88 Å². The van der Waals surface area contributed by atoms with Gasteiger partial charge in [-0.1, -0.05) is 12.2 Å². The Morgan fingerprint density at radius 3 is 2.37 bits per heavy atom. The van der Waals surface area contributed by atoms with Gasteiger partial charge in [0.1, 0.15) is 10.6 Å². The number of likely N-dealkylation sites (tertiary alicyclic amines) is 1. The van der Waals surface area contributed by atoms with Crippen LogP contribution in [0.15, 0.2) is 30.5 Å². The third kappa shape index (κ3) is 5.73. The van der Waals surface area contributed by atoms with E-state index in [0.717, 1.165) is 43.0 Å². The second kappa shape index (κ2) is 8.92. The van der Waals surface area contributed by atoms with Crippen LogP contribution in [0.25, 0.3) is 0 Å². The van der Waals surface area contributed by atoms with E-state index >= 15 is 0 Å². The summed E-state index contributed by atoms with van der Waals surface area (Å²) in [6, 6.07) is 3.91. The molecule has 1 spiro atoms. The van der Waals surface area contributed by atoms with E-state index in [-0.39, 0.29) is 5.60 Å². The highest BCUT2D eigenvalue weighted by atomic mass is 32.1. The summed E-state index contributed by atoms with van der Waals surface area (Å²) in [4.78, 5) is 28.8. The van der Waals surface area contributed by atoms with E-state index in [2.05, 4.69) is 21.8 Å². The number of carboxylic acids is 2. The molecular formula is C18H23N3O5S. The molecule has 2 N–H and O–H groups in total. The van der Waals surface area contributed by atoms with E-state index < -0.39 is 11.9 Å².